The van der Waals surface area contributed by atoms with E-state index in [2.05, 4.69) is 17.4 Å². The van der Waals surface area contributed by atoms with E-state index in [1.165, 1.54) is 5.56 Å². The summed E-state index contributed by atoms with van der Waals surface area (Å²) in [6.07, 6.45) is 0.385. The van der Waals surface area contributed by atoms with Crippen molar-refractivity contribution in [2.45, 2.75) is 12.5 Å². The predicted molar refractivity (Wildman–Crippen MR) is 86.0 cm³/mol. The van der Waals surface area contributed by atoms with Gasteiger partial charge >= 0.3 is 0 Å². The molecule has 0 aliphatic heterocycles. The van der Waals surface area contributed by atoms with E-state index in [0.717, 1.165) is 13.0 Å². The third-order valence-corrected chi connectivity index (χ3v) is 3.39. The summed E-state index contributed by atoms with van der Waals surface area (Å²) in [4.78, 5) is 0. The molecular weight excluding hydrogens is 286 g/mol. The Morgan fingerprint density at radius 1 is 1.05 bits per heavy atom. The normalized spacial score (nSPS) is 12.1. The Balaban J connectivity index is 1.62. The van der Waals surface area contributed by atoms with Crippen molar-refractivity contribution < 1.29 is 9.84 Å². The fraction of sp³-hybridized carbons (Fsp3) is 0.294. The number of nitrogens with one attached hydrogen (secondary N) is 1. The van der Waals surface area contributed by atoms with E-state index in [9.17, 15) is 5.11 Å². The lowest BCUT2D eigenvalue weighted by Gasteiger charge is -2.14. The number of aliphatic hydroxyl groups is 1. The third kappa shape index (κ3) is 5.76. The average Bonchev–Trinajstić information content (AvgIpc) is 2.52. The van der Waals surface area contributed by atoms with Crippen LogP contribution in [0.1, 0.15) is 5.56 Å². The minimum Gasteiger partial charge on any atom is -0.489 e. The Bertz CT molecular complexity index is 533. The minimum atomic E-state index is -0.558. The van der Waals surface area contributed by atoms with E-state index in [-0.39, 0.29) is 6.61 Å². The van der Waals surface area contributed by atoms with Crippen LogP contribution >= 0.6 is 11.6 Å². The second kappa shape index (κ2) is 8.67. The fourth-order valence-corrected chi connectivity index (χ4v) is 2.14. The Morgan fingerprint density at radius 2 is 1.76 bits per heavy atom. The molecule has 4 heteroatoms. The Hall–Kier alpha value is -1.55. The first-order valence-corrected chi connectivity index (χ1v) is 7.43. The largest absolute Gasteiger partial charge is 0.489 e. The number of hydrogen-bond acceptors (Lipinski definition) is 3. The van der Waals surface area contributed by atoms with Crippen molar-refractivity contribution >= 4 is 11.6 Å². The van der Waals surface area contributed by atoms with Crippen LogP contribution in [0.3, 0.4) is 0 Å². The summed E-state index contributed by atoms with van der Waals surface area (Å²) in [5, 5.41) is 13.6. The number of ether oxygens (including phenoxy) is 1. The van der Waals surface area contributed by atoms with Crippen LogP contribution < -0.4 is 10.1 Å². The van der Waals surface area contributed by atoms with Crippen LogP contribution in [0.25, 0.3) is 0 Å². The smallest absolute Gasteiger partial charge is 0.138 e. The molecular formula is C17H20ClNO2. The quantitative estimate of drug-likeness (QED) is 0.737. The van der Waals surface area contributed by atoms with Crippen molar-refractivity contribution in [3.8, 4) is 5.75 Å². The molecule has 0 saturated carbocycles. The molecule has 1 atom stereocenters. The zero-order chi connectivity index (χ0) is 14.9. The number of benzene rings is 2. The number of halogens is 1. The standard InChI is InChI=1S/C17H20ClNO2/c18-16-8-4-5-9-17(16)21-13-15(20)12-19-11-10-14-6-2-1-3-7-14/h1-9,15,19-20H,10-13H2. The molecule has 0 spiro atoms. The molecule has 2 aromatic rings. The van der Waals surface area contributed by atoms with Gasteiger partial charge in [-0.05, 0) is 30.7 Å². The van der Waals surface area contributed by atoms with E-state index in [0.29, 0.717) is 17.3 Å². The molecule has 0 aliphatic carbocycles. The van der Waals surface area contributed by atoms with Gasteiger partial charge in [-0.1, -0.05) is 54.1 Å². The van der Waals surface area contributed by atoms with Gasteiger partial charge in [0, 0.05) is 6.54 Å². The molecule has 0 radical (unpaired) electrons. The van der Waals surface area contributed by atoms with Crippen LogP contribution in [0.4, 0.5) is 0 Å². The topological polar surface area (TPSA) is 41.5 Å². The maximum Gasteiger partial charge on any atom is 0.138 e. The van der Waals surface area contributed by atoms with E-state index in [4.69, 9.17) is 16.3 Å². The van der Waals surface area contributed by atoms with Crippen LogP contribution in [0.15, 0.2) is 54.6 Å². The molecule has 21 heavy (non-hydrogen) atoms. The maximum atomic E-state index is 9.87. The second-order valence-electron chi connectivity index (χ2n) is 4.83. The van der Waals surface area contributed by atoms with Crippen LogP contribution in [0, 0.1) is 0 Å². The first-order chi connectivity index (χ1) is 10.3. The molecule has 3 nitrogen and oxygen atoms in total. The number of aliphatic hydroxyl groups excluding tert-OH is 1. The highest BCUT2D eigenvalue weighted by Gasteiger charge is 2.06. The summed E-state index contributed by atoms with van der Waals surface area (Å²) in [7, 11) is 0. The van der Waals surface area contributed by atoms with Gasteiger partial charge in [0.1, 0.15) is 18.5 Å². The predicted octanol–water partition coefficient (Wildman–Crippen LogP) is 2.91. The van der Waals surface area contributed by atoms with E-state index in [1.807, 2.05) is 30.3 Å². The highest BCUT2D eigenvalue weighted by Crippen LogP contribution is 2.22. The van der Waals surface area contributed by atoms with Gasteiger partial charge in [-0.3, -0.25) is 0 Å². The number of rotatable bonds is 8. The van der Waals surface area contributed by atoms with Gasteiger partial charge in [0.15, 0.2) is 0 Å². The van der Waals surface area contributed by atoms with Crippen molar-refractivity contribution in [3.05, 3.63) is 65.2 Å². The highest BCUT2D eigenvalue weighted by atomic mass is 35.5. The zero-order valence-corrected chi connectivity index (χ0v) is 12.6. The zero-order valence-electron chi connectivity index (χ0n) is 11.8. The van der Waals surface area contributed by atoms with Crippen LogP contribution in [-0.4, -0.2) is 30.9 Å². The summed E-state index contributed by atoms with van der Waals surface area (Å²) in [6, 6.07) is 17.5. The van der Waals surface area contributed by atoms with Crippen LogP contribution in [0.2, 0.25) is 5.02 Å². The molecule has 2 N–H and O–H groups in total. The summed E-state index contributed by atoms with van der Waals surface area (Å²) >= 11 is 5.98. The van der Waals surface area contributed by atoms with E-state index in [1.54, 1.807) is 12.1 Å². The van der Waals surface area contributed by atoms with Crippen molar-refractivity contribution in [2.75, 3.05) is 19.7 Å². The number of para-hydroxylation sites is 1. The molecule has 0 bridgehead atoms. The van der Waals surface area contributed by atoms with Crippen LogP contribution in [0.5, 0.6) is 5.75 Å². The lowest BCUT2D eigenvalue weighted by molar-refractivity contribution is 0.107. The van der Waals surface area contributed by atoms with E-state index < -0.39 is 6.10 Å². The average molecular weight is 306 g/mol. The molecule has 0 fully saturated rings. The SMILES string of the molecule is OC(CNCCc1ccccc1)COc1ccccc1Cl. The van der Waals surface area contributed by atoms with Crippen molar-refractivity contribution in [1.82, 2.24) is 5.32 Å². The van der Waals surface area contributed by atoms with Gasteiger partial charge in [0.05, 0.1) is 5.02 Å². The molecule has 0 aliphatic rings. The molecule has 2 rings (SSSR count). The maximum absolute atomic E-state index is 9.87. The molecule has 0 amide bonds. The first kappa shape index (κ1) is 15.8. The highest BCUT2D eigenvalue weighted by molar-refractivity contribution is 6.32. The molecule has 0 saturated heterocycles. The molecule has 0 aromatic heterocycles. The van der Waals surface area contributed by atoms with Crippen molar-refractivity contribution in [3.63, 3.8) is 0 Å². The number of hydrogen-bond donors (Lipinski definition) is 2. The van der Waals surface area contributed by atoms with Gasteiger partial charge in [0.25, 0.3) is 0 Å². The lowest BCUT2D eigenvalue weighted by Crippen LogP contribution is -2.32. The van der Waals surface area contributed by atoms with Crippen molar-refractivity contribution in [2.24, 2.45) is 0 Å². The van der Waals surface area contributed by atoms with Gasteiger partial charge < -0.3 is 15.2 Å². The van der Waals surface area contributed by atoms with E-state index >= 15 is 0 Å². The summed E-state index contributed by atoms with van der Waals surface area (Å²) in [6.45, 7) is 1.55. The minimum absolute atomic E-state index is 0.224. The third-order valence-electron chi connectivity index (χ3n) is 3.08. The molecule has 112 valence electrons. The van der Waals surface area contributed by atoms with Gasteiger partial charge in [-0.25, -0.2) is 0 Å². The first-order valence-electron chi connectivity index (χ1n) is 7.06. The Kier molecular flexibility index (Phi) is 6.54. The molecule has 0 heterocycles. The second-order valence-corrected chi connectivity index (χ2v) is 5.24. The molecule has 2 aromatic carbocycles. The fourth-order valence-electron chi connectivity index (χ4n) is 1.95. The van der Waals surface area contributed by atoms with Crippen molar-refractivity contribution in [1.29, 1.82) is 0 Å². The summed E-state index contributed by atoms with van der Waals surface area (Å²) in [5.41, 5.74) is 1.28. The summed E-state index contributed by atoms with van der Waals surface area (Å²) < 4.78 is 5.49. The van der Waals surface area contributed by atoms with Gasteiger partial charge in [0.2, 0.25) is 0 Å². The van der Waals surface area contributed by atoms with Crippen LogP contribution in [-0.2, 0) is 6.42 Å². The lowest BCUT2D eigenvalue weighted by atomic mass is 10.1. The van der Waals surface area contributed by atoms with Gasteiger partial charge in [-0.15, -0.1) is 0 Å². The molecule has 1 unspecified atom stereocenters. The Morgan fingerprint density at radius 3 is 2.52 bits per heavy atom. The summed E-state index contributed by atoms with van der Waals surface area (Å²) in [5.74, 6) is 0.600. The Labute approximate surface area is 130 Å². The monoisotopic (exact) mass is 305 g/mol. The van der Waals surface area contributed by atoms with Gasteiger partial charge in [-0.2, -0.15) is 0 Å².